The maximum atomic E-state index is 5.55. The average molecular weight is 164 g/mol. The fourth-order valence-corrected chi connectivity index (χ4v) is 1.93. The summed E-state index contributed by atoms with van der Waals surface area (Å²) < 4.78 is 5.55. The molecule has 0 aromatic heterocycles. The number of hydrogen-bond donors (Lipinski definition) is 0. The SMILES string of the molecule is CCCCC#C[C@]12CCC[C@H]1O2. The second kappa shape index (κ2) is 3.11. The molecular formula is C11H16O. The summed E-state index contributed by atoms with van der Waals surface area (Å²) in [6.07, 6.45) is 7.76. The van der Waals surface area contributed by atoms with E-state index < -0.39 is 0 Å². The van der Waals surface area contributed by atoms with Crippen LogP contribution < -0.4 is 0 Å². The second-order valence-electron chi connectivity index (χ2n) is 3.79. The molecule has 0 aromatic rings. The highest BCUT2D eigenvalue weighted by Crippen LogP contribution is 2.49. The Balaban J connectivity index is 1.81. The molecule has 2 aliphatic rings. The van der Waals surface area contributed by atoms with E-state index in [0.717, 1.165) is 6.42 Å². The van der Waals surface area contributed by atoms with Gasteiger partial charge in [-0.2, -0.15) is 0 Å². The number of epoxide rings is 1. The molecule has 2 rings (SSSR count). The summed E-state index contributed by atoms with van der Waals surface area (Å²) in [4.78, 5) is 0. The monoisotopic (exact) mass is 164 g/mol. The maximum Gasteiger partial charge on any atom is 0.155 e. The summed E-state index contributed by atoms with van der Waals surface area (Å²) in [6, 6.07) is 0. The zero-order valence-electron chi connectivity index (χ0n) is 7.73. The van der Waals surface area contributed by atoms with Gasteiger partial charge >= 0.3 is 0 Å². The Morgan fingerprint density at radius 2 is 2.50 bits per heavy atom. The number of ether oxygens (including phenoxy) is 1. The third-order valence-electron chi connectivity index (χ3n) is 2.79. The van der Waals surface area contributed by atoms with Crippen LogP contribution in [0.4, 0.5) is 0 Å². The fourth-order valence-electron chi connectivity index (χ4n) is 1.93. The zero-order valence-corrected chi connectivity index (χ0v) is 7.73. The van der Waals surface area contributed by atoms with E-state index in [4.69, 9.17) is 4.74 Å². The zero-order chi connectivity index (χ0) is 8.44. The minimum atomic E-state index is 0.0493. The standard InChI is InChI=1S/C11H16O/c1-2-3-4-5-8-11-9-6-7-10(11)12-11/h10H,2-4,6-7,9H2,1H3/t10-,11+/m1/s1. The van der Waals surface area contributed by atoms with Crippen LogP contribution in [0.3, 0.4) is 0 Å². The van der Waals surface area contributed by atoms with Crippen LogP contribution in [0.2, 0.25) is 0 Å². The van der Waals surface area contributed by atoms with Gasteiger partial charge < -0.3 is 4.74 Å². The fraction of sp³-hybridized carbons (Fsp3) is 0.818. The van der Waals surface area contributed by atoms with Gasteiger partial charge in [0.05, 0.1) is 6.10 Å². The molecule has 1 aliphatic heterocycles. The lowest BCUT2D eigenvalue weighted by atomic mass is 10.1. The molecule has 0 radical (unpaired) electrons. The summed E-state index contributed by atoms with van der Waals surface area (Å²) in [5, 5.41) is 0. The van der Waals surface area contributed by atoms with Crippen LogP contribution in [0.25, 0.3) is 0 Å². The van der Waals surface area contributed by atoms with Crippen molar-refractivity contribution in [2.75, 3.05) is 0 Å². The molecule has 1 heteroatoms. The third kappa shape index (κ3) is 1.36. The Morgan fingerprint density at radius 3 is 3.08 bits per heavy atom. The number of rotatable bonds is 2. The van der Waals surface area contributed by atoms with Gasteiger partial charge in [-0.05, 0) is 25.7 Å². The van der Waals surface area contributed by atoms with Crippen molar-refractivity contribution < 1.29 is 4.74 Å². The lowest BCUT2D eigenvalue weighted by Crippen LogP contribution is -2.04. The molecule has 2 atom stereocenters. The van der Waals surface area contributed by atoms with Crippen LogP contribution >= 0.6 is 0 Å². The van der Waals surface area contributed by atoms with Gasteiger partial charge in [0.1, 0.15) is 0 Å². The minimum absolute atomic E-state index is 0.0493. The lowest BCUT2D eigenvalue weighted by molar-refractivity contribution is 0.289. The third-order valence-corrected chi connectivity index (χ3v) is 2.79. The molecule has 0 unspecified atom stereocenters. The van der Waals surface area contributed by atoms with Gasteiger partial charge in [0.25, 0.3) is 0 Å². The van der Waals surface area contributed by atoms with Gasteiger partial charge in [-0.3, -0.25) is 0 Å². The second-order valence-corrected chi connectivity index (χ2v) is 3.79. The summed E-state index contributed by atoms with van der Waals surface area (Å²) in [7, 11) is 0. The molecule has 1 heterocycles. The highest BCUT2D eigenvalue weighted by atomic mass is 16.6. The van der Waals surface area contributed by atoms with Crippen LogP contribution in [-0.4, -0.2) is 11.7 Å². The van der Waals surface area contributed by atoms with Crippen molar-refractivity contribution in [3.63, 3.8) is 0 Å². The number of hydrogen-bond acceptors (Lipinski definition) is 1. The van der Waals surface area contributed by atoms with E-state index in [9.17, 15) is 0 Å². The first-order valence-electron chi connectivity index (χ1n) is 5.05. The minimum Gasteiger partial charge on any atom is -0.352 e. The number of unbranched alkanes of at least 4 members (excludes halogenated alkanes) is 2. The summed E-state index contributed by atoms with van der Waals surface area (Å²) in [5.74, 6) is 6.53. The average Bonchev–Trinajstić information content (AvgIpc) is 2.64. The molecule has 1 saturated heterocycles. The van der Waals surface area contributed by atoms with Crippen LogP contribution in [0.1, 0.15) is 45.4 Å². The van der Waals surface area contributed by atoms with Crippen molar-refractivity contribution in [1.82, 2.24) is 0 Å². The molecule has 0 N–H and O–H groups in total. The molecule has 66 valence electrons. The molecule has 1 aliphatic carbocycles. The van der Waals surface area contributed by atoms with Gasteiger partial charge in [-0.25, -0.2) is 0 Å². The summed E-state index contributed by atoms with van der Waals surface area (Å²) >= 11 is 0. The Morgan fingerprint density at radius 1 is 1.58 bits per heavy atom. The summed E-state index contributed by atoms with van der Waals surface area (Å²) in [6.45, 7) is 2.20. The van der Waals surface area contributed by atoms with Crippen LogP contribution in [0, 0.1) is 11.8 Å². The predicted molar refractivity (Wildman–Crippen MR) is 48.8 cm³/mol. The van der Waals surface area contributed by atoms with E-state index >= 15 is 0 Å². The Kier molecular flexibility index (Phi) is 2.11. The molecule has 0 amide bonds. The summed E-state index contributed by atoms with van der Waals surface area (Å²) in [5.41, 5.74) is 0.0493. The van der Waals surface area contributed by atoms with Gasteiger partial charge in [-0.15, -0.1) is 5.92 Å². The van der Waals surface area contributed by atoms with E-state index in [0.29, 0.717) is 6.10 Å². The smallest absolute Gasteiger partial charge is 0.155 e. The van der Waals surface area contributed by atoms with E-state index in [1.54, 1.807) is 0 Å². The topological polar surface area (TPSA) is 12.5 Å². The van der Waals surface area contributed by atoms with Crippen molar-refractivity contribution in [3.8, 4) is 11.8 Å². The largest absolute Gasteiger partial charge is 0.352 e. The molecule has 0 aromatic carbocycles. The van der Waals surface area contributed by atoms with Crippen molar-refractivity contribution in [3.05, 3.63) is 0 Å². The number of fused-ring (bicyclic) bond motifs is 1. The molecule has 1 saturated carbocycles. The Labute approximate surface area is 74.5 Å². The molecule has 1 nitrogen and oxygen atoms in total. The van der Waals surface area contributed by atoms with Crippen molar-refractivity contribution in [1.29, 1.82) is 0 Å². The molecule has 2 fully saturated rings. The van der Waals surface area contributed by atoms with Gasteiger partial charge in [0.15, 0.2) is 5.60 Å². The lowest BCUT2D eigenvalue weighted by Gasteiger charge is -1.95. The first-order valence-corrected chi connectivity index (χ1v) is 5.05. The van der Waals surface area contributed by atoms with Crippen molar-refractivity contribution in [2.45, 2.75) is 57.2 Å². The van der Waals surface area contributed by atoms with Crippen LogP contribution in [0.15, 0.2) is 0 Å². The first kappa shape index (κ1) is 8.13. The van der Waals surface area contributed by atoms with Crippen molar-refractivity contribution >= 4 is 0 Å². The van der Waals surface area contributed by atoms with Gasteiger partial charge in [-0.1, -0.05) is 19.3 Å². The van der Waals surface area contributed by atoms with E-state index in [2.05, 4.69) is 18.8 Å². The first-order chi connectivity index (χ1) is 5.87. The molecular weight excluding hydrogens is 148 g/mol. The van der Waals surface area contributed by atoms with Crippen LogP contribution in [0.5, 0.6) is 0 Å². The predicted octanol–water partition coefficient (Wildman–Crippen LogP) is 2.50. The van der Waals surface area contributed by atoms with E-state index in [1.807, 2.05) is 0 Å². The highest BCUT2D eigenvalue weighted by Gasteiger charge is 2.58. The van der Waals surface area contributed by atoms with E-state index in [1.165, 1.54) is 32.1 Å². The molecule has 0 bridgehead atoms. The quantitative estimate of drug-likeness (QED) is 0.347. The Bertz CT molecular complexity index is 223. The van der Waals surface area contributed by atoms with Gasteiger partial charge in [0.2, 0.25) is 0 Å². The van der Waals surface area contributed by atoms with E-state index in [-0.39, 0.29) is 5.60 Å². The Hall–Kier alpha value is -0.480. The van der Waals surface area contributed by atoms with Crippen molar-refractivity contribution in [2.24, 2.45) is 0 Å². The molecule has 12 heavy (non-hydrogen) atoms. The normalized spacial score (nSPS) is 36.9. The highest BCUT2D eigenvalue weighted by molar-refractivity contribution is 5.27. The van der Waals surface area contributed by atoms with Gasteiger partial charge in [0, 0.05) is 6.42 Å². The molecule has 0 spiro atoms. The van der Waals surface area contributed by atoms with Crippen LogP contribution in [-0.2, 0) is 4.74 Å². The maximum absolute atomic E-state index is 5.55.